The zero-order valence-electron chi connectivity index (χ0n) is 18.4. The summed E-state index contributed by atoms with van der Waals surface area (Å²) >= 11 is 5.69. The molecule has 0 radical (unpaired) electrons. The second kappa shape index (κ2) is 10.7. The molecule has 0 bridgehead atoms. The van der Waals surface area contributed by atoms with Crippen LogP contribution in [0.2, 0.25) is 5.02 Å². The van der Waals surface area contributed by atoms with Gasteiger partial charge in [-0.1, -0.05) is 41.4 Å². The largest absolute Gasteiger partial charge is 0.417 e. The number of carbonyl (C=O) groups excluding carboxylic acids is 1. The fourth-order valence-electron chi connectivity index (χ4n) is 3.22. The van der Waals surface area contributed by atoms with Gasteiger partial charge >= 0.3 is 6.18 Å². The molecule has 0 saturated carbocycles. The molecule has 1 N–H and O–H groups in total. The molecule has 1 amide bonds. The van der Waals surface area contributed by atoms with E-state index in [0.29, 0.717) is 16.8 Å². The fourth-order valence-corrected chi connectivity index (χ4v) is 4.86. The summed E-state index contributed by atoms with van der Waals surface area (Å²) in [7, 11) is -4.40. The molecule has 0 heterocycles. The minimum absolute atomic E-state index is 0.108. The van der Waals surface area contributed by atoms with Crippen LogP contribution in [0.15, 0.2) is 71.6 Å². The maximum atomic E-state index is 13.4. The minimum atomic E-state index is -4.83. The lowest BCUT2D eigenvalue weighted by Crippen LogP contribution is -2.41. The number of sulfonamides is 1. The van der Waals surface area contributed by atoms with Gasteiger partial charge in [0.05, 0.1) is 21.2 Å². The van der Waals surface area contributed by atoms with Crippen LogP contribution < -0.4 is 9.62 Å². The van der Waals surface area contributed by atoms with Gasteiger partial charge < -0.3 is 5.32 Å². The van der Waals surface area contributed by atoms with Gasteiger partial charge in [-0.2, -0.15) is 13.2 Å². The van der Waals surface area contributed by atoms with Crippen LogP contribution in [0, 0.1) is 12.7 Å². The van der Waals surface area contributed by atoms with Crippen molar-refractivity contribution in [2.45, 2.75) is 24.4 Å². The van der Waals surface area contributed by atoms with Gasteiger partial charge in [0.1, 0.15) is 12.4 Å². The highest BCUT2D eigenvalue weighted by atomic mass is 35.5. The van der Waals surface area contributed by atoms with Crippen LogP contribution in [0.5, 0.6) is 0 Å². The second-order valence-electron chi connectivity index (χ2n) is 7.71. The summed E-state index contributed by atoms with van der Waals surface area (Å²) in [5.74, 6) is -1.14. The number of alkyl halides is 3. The highest BCUT2D eigenvalue weighted by Crippen LogP contribution is 2.38. The summed E-state index contributed by atoms with van der Waals surface area (Å²) in [5, 5.41) is 1.95. The van der Waals surface area contributed by atoms with E-state index in [1.54, 1.807) is 19.1 Å². The number of amides is 1. The number of nitrogens with one attached hydrogen (secondary N) is 1. The molecule has 5 nitrogen and oxygen atoms in total. The molecule has 186 valence electrons. The molecule has 3 aromatic carbocycles. The first-order valence-electron chi connectivity index (χ1n) is 10.4. The molecular weight excluding hydrogens is 508 g/mol. The normalized spacial score (nSPS) is 11.8. The maximum absolute atomic E-state index is 13.4. The average molecular weight is 529 g/mol. The minimum Gasteiger partial charge on any atom is -0.354 e. The zero-order chi connectivity index (χ0) is 25.8. The third-order valence-electron chi connectivity index (χ3n) is 5.09. The van der Waals surface area contributed by atoms with Crippen LogP contribution in [-0.2, 0) is 27.4 Å². The molecule has 3 rings (SSSR count). The predicted octanol–water partition coefficient (Wildman–Crippen LogP) is 5.36. The summed E-state index contributed by atoms with van der Waals surface area (Å²) < 4.78 is 80.6. The lowest BCUT2D eigenvalue weighted by molar-refractivity contribution is -0.137. The molecule has 0 spiro atoms. The van der Waals surface area contributed by atoms with E-state index in [4.69, 9.17) is 11.6 Å². The lowest BCUT2D eigenvalue weighted by Gasteiger charge is -2.25. The first-order valence-corrected chi connectivity index (χ1v) is 12.2. The van der Waals surface area contributed by atoms with Gasteiger partial charge in [0, 0.05) is 6.54 Å². The SMILES string of the molecule is Cc1ccc(S(=O)(=O)N(CC(=O)NCCc2ccc(F)cc2)c2ccc(Cl)c(C(F)(F)F)c2)cc1. The van der Waals surface area contributed by atoms with E-state index < -0.39 is 45.1 Å². The van der Waals surface area contributed by atoms with Crippen molar-refractivity contribution in [3.63, 3.8) is 0 Å². The van der Waals surface area contributed by atoms with Crippen molar-refractivity contribution in [2.24, 2.45) is 0 Å². The Morgan fingerprint density at radius 1 is 1.00 bits per heavy atom. The predicted molar refractivity (Wildman–Crippen MR) is 125 cm³/mol. The number of rotatable bonds is 8. The molecule has 0 atom stereocenters. The number of halogens is 5. The zero-order valence-corrected chi connectivity index (χ0v) is 20.0. The van der Waals surface area contributed by atoms with Crippen LogP contribution in [-0.4, -0.2) is 27.4 Å². The molecule has 0 saturated heterocycles. The Kier molecular flexibility index (Phi) is 8.07. The Bertz CT molecular complexity index is 1300. The van der Waals surface area contributed by atoms with Gasteiger partial charge in [-0.05, 0) is 61.4 Å². The van der Waals surface area contributed by atoms with Crippen LogP contribution in [0.3, 0.4) is 0 Å². The fraction of sp³-hybridized carbons (Fsp3) is 0.208. The van der Waals surface area contributed by atoms with Crippen molar-refractivity contribution >= 4 is 33.2 Å². The smallest absolute Gasteiger partial charge is 0.354 e. The molecule has 0 unspecified atom stereocenters. The van der Waals surface area contributed by atoms with Gasteiger partial charge in [-0.3, -0.25) is 9.10 Å². The number of carbonyl (C=O) groups is 1. The summed E-state index contributed by atoms with van der Waals surface area (Å²) in [5.41, 5.74) is -0.0725. The Labute approximate surface area is 205 Å². The van der Waals surface area contributed by atoms with Gasteiger partial charge in [0.25, 0.3) is 10.0 Å². The molecule has 0 aliphatic heterocycles. The molecule has 0 aliphatic rings. The van der Waals surface area contributed by atoms with Crippen LogP contribution >= 0.6 is 11.6 Å². The second-order valence-corrected chi connectivity index (χ2v) is 9.98. The number of benzene rings is 3. The maximum Gasteiger partial charge on any atom is 0.417 e. The number of hydrogen-bond acceptors (Lipinski definition) is 3. The monoisotopic (exact) mass is 528 g/mol. The third-order valence-corrected chi connectivity index (χ3v) is 7.21. The van der Waals surface area contributed by atoms with E-state index >= 15 is 0 Å². The topological polar surface area (TPSA) is 66.5 Å². The van der Waals surface area contributed by atoms with E-state index in [0.717, 1.165) is 23.3 Å². The first-order chi connectivity index (χ1) is 16.4. The quantitative estimate of drug-likeness (QED) is 0.400. The number of anilines is 1. The number of nitrogens with zero attached hydrogens (tertiary/aromatic N) is 1. The van der Waals surface area contributed by atoms with E-state index in [1.165, 1.54) is 36.4 Å². The van der Waals surface area contributed by atoms with Gasteiger partial charge in [-0.15, -0.1) is 0 Å². The van der Waals surface area contributed by atoms with E-state index in [-0.39, 0.29) is 17.1 Å². The van der Waals surface area contributed by atoms with E-state index in [9.17, 15) is 30.8 Å². The molecule has 11 heteroatoms. The summed E-state index contributed by atoms with van der Waals surface area (Å²) in [6.07, 6.45) is -4.49. The molecule has 3 aromatic rings. The highest BCUT2D eigenvalue weighted by Gasteiger charge is 2.35. The van der Waals surface area contributed by atoms with Crippen molar-refractivity contribution in [3.05, 3.63) is 94.3 Å². The van der Waals surface area contributed by atoms with Crippen molar-refractivity contribution in [3.8, 4) is 0 Å². The number of aryl methyl sites for hydroxylation is 1. The molecule has 0 aliphatic carbocycles. The molecule has 35 heavy (non-hydrogen) atoms. The first kappa shape index (κ1) is 26.5. The van der Waals surface area contributed by atoms with Gasteiger partial charge in [0.15, 0.2) is 0 Å². The highest BCUT2D eigenvalue weighted by molar-refractivity contribution is 7.92. The standard InChI is InChI=1S/C24H21ClF4N2O3S/c1-16-2-9-20(10-3-16)35(33,34)31(19-8-11-22(25)21(14-19)24(27,28)29)15-23(32)30-13-12-17-4-6-18(26)7-5-17/h2-11,14H,12-13,15H2,1H3,(H,30,32). The van der Waals surface area contributed by atoms with Crippen molar-refractivity contribution in [2.75, 3.05) is 17.4 Å². The number of hydrogen-bond donors (Lipinski definition) is 1. The summed E-state index contributed by atoms with van der Waals surface area (Å²) in [6.45, 7) is 1.09. The van der Waals surface area contributed by atoms with Gasteiger partial charge in [-0.25, -0.2) is 12.8 Å². The van der Waals surface area contributed by atoms with Crippen molar-refractivity contribution < 1.29 is 30.8 Å². The Hall–Kier alpha value is -3.11. The molecule has 0 aromatic heterocycles. The van der Waals surface area contributed by atoms with E-state index in [2.05, 4.69) is 5.32 Å². The Morgan fingerprint density at radius 2 is 1.63 bits per heavy atom. The van der Waals surface area contributed by atoms with Crippen LogP contribution in [0.1, 0.15) is 16.7 Å². The Balaban J connectivity index is 1.89. The van der Waals surface area contributed by atoms with Crippen LogP contribution in [0.4, 0.5) is 23.2 Å². The van der Waals surface area contributed by atoms with Crippen molar-refractivity contribution in [1.82, 2.24) is 5.32 Å². The average Bonchev–Trinajstić information content (AvgIpc) is 2.79. The van der Waals surface area contributed by atoms with Gasteiger partial charge in [0.2, 0.25) is 5.91 Å². The molecule has 0 fully saturated rings. The summed E-state index contributed by atoms with van der Waals surface area (Å²) in [6, 6.07) is 14.0. The third kappa shape index (κ3) is 6.73. The van der Waals surface area contributed by atoms with Crippen LogP contribution in [0.25, 0.3) is 0 Å². The Morgan fingerprint density at radius 3 is 2.23 bits per heavy atom. The lowest BCUT2D eigenvalue weighted by atomic mass is 10.1. The molecular formula is C24H21ClF4N2O3S. The van der Waals surface area contributed by atoms with E-state index in [1.807, 2.05) is 0 Å². The summed E-state index contributed by atoms with van der Waals surface area (Å²) in [4.78, 5) is 12.4. The van der Waals surface area contributed by atoms with Crippen molar-refractivity contribution in [1.29, 1.82) is 0 Å².